The van der Waals surface area contributed by atoms with Gasteiger partial charge in [-0.05, 0) is 13.8 Å². The Hall–Kier alpha value is -2.49. The van der Waals surface area contributed by atoms with Gasteiger partial charge in [-0.1, -0.05) is 18.7 Å². The molecule has 9 nitrogen and oxygen atoms in total. The van der Waals surface area contributed by atoms with Crippen molar-refractivity contribution in [3.8, 4) is 0 Å². The average molecular weight is 420 g/mol. The van der Waals surface area contributed by atoms with Gasteiger partial charge in [0.1, 0.15) is 36.1 Å². The lowest BCUT2D eigenvalue weighted by molar-refractivity contribution is -0.144. The van der Waals surface area contributed by atoms with Crippen LogP contribution < -0.4 is 0 Å². The lowest BCUT2D eigenvalue weighted by atomic mass is 9.85. The molecule has 9 heteroatoms. The minimum Gasteiger partial charge on any atom is -0.461 e. The molecular formula is C21H24O9. The number of hydrogen-bond donors (Lipinski definition) is 1. The molecule has 2 saturated heterocycles. The van der Waals surface area contributed by atoms with Crippen LogP contribution in [0.25, 0.3) is 0 Å². The monoisotopic (exact) mass is 420 g/mol. The standard InChI is InChI=1S/C21H24O9/c1-10(2)18(24)27-13-7-21(9-22)14(29-21)5-6-20(4)17(30-20)16-15(13)12(19(25)28-16)8-26-11(3)23/h5-6,13-14,16-17,22H,1,7-9H2,2-4H3/b6-5-/t13-,14+,16-,17-,20+,21-/m0/s1. The molecule has 30 heavy (non-hydrogen) atoms. The maximum Gasteiger partial charge on any atom is 0.338 e. The van der Waals surface area contributed by atoms with E-state index in [2.05, 4.69) is 6.58 Å². The minimum absolute atomic E-state index is 0.0903. The molecule has 0 spiro atoms. The summed E-state index contributed by atoms with van der Waals surface area (Å²) in [6.07, 6.45) is 1.05. The highest BCUT2D eigenvalue weighted by molar-refractivity contribution is 5.94. The molecule has 2 fully saturated rings. The first-order valence-electron chi connectivity index (χ1n) is 9.70. The predicted octanol–water partition coefficient (Wildman–Crippen LogP) is 0.507. The maximum atomic E-state index is 12.6. The molecule has 3 aliphatic heterocycles. The van der Waals surface area contributed by atoms with Crippen molar-refractivity contribution < 1.29 is 43.2 Å². The number of ether oxygens (including phenoxy) is 5. The molecule has 0 saturated carbocycles. The largest absolute Gasteiger partial charge is 0.461 e. The molecule has 3 heterocycles. The second-order valence-corrected chi connectivity index (χ2v) is 8.26. The van der Waals surface area contributed by atoms with E-state index >= 15 is 0 Å². The molecule has 6 atom stereocenters. The Kier molecular flexibility index (Phi) is 4.87. The summed E-state index contributed by atoms with van der Waals surface area (Å²) in [6, 6.07) is 0. The summed E-state index contributed by atoms with van der Waals surface area (Å²) < 4.78 is 27.8. The minimum atomic E-state index is -0.968. The normalized spacial score (nSPS) is 39.7. The summed E-state index contributed by atoms with van der Waals surface area (Å²) in [5.74, 6) is -1.89. The first-order valence-corrected chi connectivity index (χ1v) is 9.70. The Morgan fingerprint density at radius 2 is 2.07 bits per heavy atom. The second kappa shape index (κ2) is 7.04. The third-order valence-corrected chi connectivity index (χ3v) is 5.89. The van der Waals surface area contributed by atoms with Gasteiger partial charge in [-0.2, -0.15) is 0 Å². The summed E-state index contributed by atoms with van der Waals surface area (Å²) in [5, 5.41) is 9.98. The maximum absolute atomic E-state index is 12.6. The molecule has 4 aliphatic rings. The molecule has 0 radical (unpaired) electrons. The number of rotatable bonds is 5. The van der Waals surface area contributed by atoms with Crippen molar-refractivity contribution in [1.82, 2.24) is 0 Å². The molecule has 1 aliphatic carbocycles. The van der Waals surface area contributed by atoms with Gasteiger partial charge in [0.2, 0.25) is 0 Å². The van der Waals surface area contributed by atoms with Crippen LogP contribution in [0.1, 0.15) is 27.2 Å². The number of aliphatic hydroxyl groups is 1. The summed E-state index contributed by atoms with van der Waals surface area (Å²) in [4.78, 5) is 36.3. The molecule has 0 bridgehead atoms. The van der Waals surface area contributed by atoms with Crippen molar-refractivity contribution in [3.63, 3.8) is 0 Å². The van der Waals surface area contributed by atoms with Gasteiger partial charge in [0.05, 0.1) is 12.2 Å². The summed E-state index contributed by atoms with van der Waals surface area (Å²) in [7, 11) is 0. The highest BCUT2D eigenvalue weighted by Gasteiger charge is 2.64. The van der Waals surface area contributed by atoms with E-state index in [0.29, 0.717) is 5.57 Å². The van der Waals surface area contributed by atoms with E-state index in [1.54, 1.807) is 6.08 Å². The van der Waals surface area contributed by atoms with Crippen LogP contribution >= 0.6 is 0 Å². The smallest absolute Gasteiger partial charge is 0.338 e. The van der Waals surface area contributed by atoms with E-state index in [-0.39, 0.29) is 36.9 Å². The highest BCUT2D eigenvalue weighted by Crippen LogP contribution is 2.51. The molecule has 0 unspecified atom stereocenters. The Morgan fingerprint density at radius 3 is 2.70 bits per heavy atom. The topological polar surface area (TPSA) is 124 Å². The van der Waals surface area contributed by atoms with Gasteiger partial charge >= 0.3 is 17.9 Å². The van der Waals surface area contributed by atoms with Crippen LogP contribution in [0, 0.1) is 0 Å². The Morgan fingerprint density at radius 1 is 1.33 bits per heavy atom. The molecule has 0 aromatic rings. The lowest BCUT2D eigenvalue weighted by Gasteiger charge is -2.26. The SMILES string of the molecule is C=C(C)C(=O)O[C@H]1C[C@@]2(CO)O[C@@H]2/C=C\[C@@]2(C)O[C@H]2[C@H]2OC(=O)C(COC(C)=O)=C12. The van der Waals surface area contributed by atoms with Gasteiger partial charge < -0.3 is 28.8 Å². The van der Waals surface area contributed by atoms with Crippen molar-refractivity contribution in [2.75, 3.05) is 13.2 Å². The number of epoxide rings is 2. The number of carbonyl (C=O) groups is 3. The van der Waals surface area contributed by atoms with Crippen LogP contribution in [0.3, 0.4) is 0 Å². The van der Waals surface area contributed by atoms with Gasteiger partial charge in [0, 0.05) is 24.5 Å². The summed E-state index contributed by atoms with van der Waals surface area (Å²) >= 11 is 0. The molecule has 162 valence electrons. The zero-order chi connectivity index (χ0) is 21.8. The van der Waals surface area contributed by atoms with E-state index in [1.165, 1.54) is 13.8 Å². The van der Waals surface area contributed by atoms with Crippen molar-refractivity contribution in [2.45, 2.75) is 62.8 Å². The van der Waals surface area contributed by atoms with Crippen molar-refractivity contribution >= 4 is 17.9 Å². The number of aliphatic hydroxyl groups excluding tert-OH is 1. The Labute approximate surface area is 173 Å². The summed E-state index contributed by atoms with van der Waals surface area (Å²) in [5.41, 5.74) is -1.04. The fourth-order valence-electron chi connectivity index (χ4n) is 4.02. The van der Waals surface area contributed by atoms with Crippen LogP contribution in [0.2, 0.25) is 0 Å². The third-order valence-electron chi connectivity index (χ3n) is 5.89. The Balaban J connectivity index is 1.79. The zero-order valence-electron chi connectivity index (χ0n) is 17.0. The van der Waals surface area contributed by atoms with E-state index < -0.39 is 47.4 Å². The number of esters is 3. The molecular weight excluding hydrogens is 396 g/mol. The fourth-order valence-corrected chi connectivity index (χ4v) is 4.02. The molecule has 0 aromatic carbocycles. The van der Waals surface area contributed by atoms with Crippen molar-refractivity contribution in [1.29, 1.82) is 0 Å². The lowest BCUT2D eigenvalue weighted by Crippen LogP contribution is -2.37. The van der Waals surface area contributed by atoms with Crippen LogP contribution in [-0.4, -0.2) is 71.8 Å². The number of fused-ring (bicyclic) bond motifs is 4. The van der Waals surface area contributed by atoms with Crippen molar-refractivity contribution in [3.05, 3.63) is 35.5 Å². The molecule has 4 rings (SSSR count). The van der Waals surface area contributed by atoms with Gasteiger partial charge in [-0.15, -0.1) is 0 Å². The van der Waals surface area contributed by atoms with Crippen LogP contribution in [0.4, 0.5) is 0 Å². The zero-order valence-corrected chi connectivity index (χ0v) is 17.0. The third kappa shape index (κ3) is 3.46. The van der Waals surface area contributed by atoms with Gasteiger partial charge in [-0.3, -0.25) is 4.79 Å². The van der Waals surface area contributed by atoms with E-state index in [4.69, 9.17) is 23.7 Å². The highest BCUT2D eigenvalue weighted by atomic mass is 16.7. The first-order chi connectivity index (χ1) is 14.1. The van der Waals surface area contributed by atoms with E-state index in [0.717, 1.165) is 0 Å². The van der Waals surface area contributed by atoms with Crippen molar-refractivity contribution in [2.24, 2.45) is 0 Å². The molecule has 0 amide bonds. The van der Waals surface area contributed by atoms with Crippen LogP contribution in [0.5, 0.6) is 0 Å². The number of carbonyl (C=O) groups excluding carboxylic acids is 3. The first kappa shape index (κ1) is 20.8. The molecule has 1 N–H and O–H groups in total. The second-order valence-electron chi connectivity index (χ2n) is 8.26. The van der Waals surface area contributed by atoms with Gasteiger partial charge in [0.15, 0.2) is 6.10 Å². The van der Waals surface area contributed by atoms with Gasteiger partial charge in [0.25, 0.3) is 0 Å². The fraction of sp³-hybridized carbons (Fsp3) is 0.571. The molecule has 0 aromatic heterocycles. The van der Waals surface area contributed by atoms with E-state index in [9.17, 15) is 19.5 Å². The average Bonchev–Trinajstić information content (AvgIpc) is 3.52. The van der Waals surface area contributed by atoms with Crippen LogP contribution in [-0.2, 0) is 38.1 Å². The van der Waals surface area contributed by atoms with E-state index in [1.807, 2.05) is 13.0 Å². The number of hydrogen-bond acceptors (Lipinski definition) is 9. The summed E-state index contributed by atoms with van der Waals surface area (Å²) in [6.45, 7) is 7.54. The quantitative estimate of drug-likeness (QED) is 0.223. The van der Waals surface area contributed by atoms with Crippen LogP contribution in [0.15, 0.2) is 35.5 Å². The Bertz CT molecular complexity index is 887. The van der Waals surface area contributed by atoms with Gasteiger partial charge in [-0.25, -0.2) is 9.59 Å². The predicted molar refractivity (Wildman–Crippen MR) is 100.0 cm³/mol.